The third-order valence-electron chi connectivity index (χ3n) is 2.81. The van der Waals surface area contributed by atoms with Crippen LogP contribution in [0.3, 0.4) is 0 Å². The minimum Gasteiger partial charge on any atom is -0.486 e. The number of hydrogen-bond acceptors (Lipinski definition) is 5. The highest BCUT2D eigenvalue weighted by Crippen LogP contribution is 2.22. The maximum atomic E-state index is 10.0. The topological polar surface area (TPSA) is 51.6 Å². The molecule has 2 aromatic rings. The highest BCUT2D eigenvalue weighted by molar-refractivity contribution is 7.09. The molecule has 0 saturated carbocycles. The van der Waals surface area contributed by atoms with Crippen LogP contribution in [0.25, 0.3) is 0 Å². The first-order valence-corrected chi connectivity index (χ1v) is 6.74. The summed E-state index contributed by atoms with van der Waals surface area (Å²) in [5.74, 6) is 0.877. The first-order chi connectivity index (χ1) is 9.20. The predicted octanol–water partition coefficient (Wildman–Crippen LogP) is 3.17. The molecule has 0 aliphatic rings. The van der Waals surface area contributed by atoms with Gasteiger partial charge in [-0.2, -0.15) is 4.99 Å². The molecule has 0 saturated heterocycles. The molecular formula is C14H14N2O2S. The molecule has 0 bridgehead atoms. The van der Waals surface area contributed by atoms with Gasteiger partial charge >= 0.3 is 0 Å². The van der Waals surface area contributed by atoms with Crippen molar-refractivity contribution in [2.45, 2.75) is 27.0 Å². The minimum atomic E-state index is 0.281. The lowest BCUT2D eigenvalue weighted by atomic mass is 10.1. The fraction of sp³-hybridized carbons (Fsp3) is 0.286. The monoisotopic (exact) mass is 274 g/mol. The van der Waals surface area contributed by atoms with Crippen LogP contribution < -0.4 is 4.74 Å². The number of thiazole rings is 1. The van der Waals surface area contributed by atoms with Crippen LogP contribution in [0, 0.1) is 13.8 Å². The second-order valence-electron chi connectivity index (χ2n) is 4.13. The Balaban J connectivity index is 2.00. The number of nitrogens with zero attached hydrogens (tertiary/aromatic N) is 2. The van der Waals surface area contributed by atoms with Crippen LogP contribution in [0.5, 0.6) is 5.75 Å². The highest BCUT2D eigenvalue weighted by Gasteiger charge is 2.05. The van der Waals surface area contributed by atoms with Gasteiger partial charge in [-0.1, -0.05) is 12.1 Å². The Hall–Kier alpha value is -1.97. The van der Waals surface area contributed by atoms with Crippen molar-refractivity contribution in [3.63, 3.8) is 0 Å². The normalized spacial score (nSPS) is 10.0. The number of rotatable bonds is 5. The molecule has 0 aliphatic heterocycles. The van der Waals surface area contributed by atoms with Gasteiger partial charge in [-0.15, -0.1) is 11.3 Å². The van der Waals surface area contributed by atoms with Crippen LogP contribution in [0.2, 0.25) is 0 Å². The van der Waals surface area contributed by atoms with Gasteiger partial charge in [0.1, 0.15) is 17.4 Å². The molecule has 0 amide bonds. The lowest BCUT2D eigenvalue weighted by molar-refractivity contribution is 0.303. The molecule has 0 aliphatic carbocycles. The Bertz CT molecular complexity index is 616. The molecule has 0 atom stereocenters. The van der Waals surface area contributed by atoms with E-state index in [-0.39, 0.29) is 6.54 Å². The molecule has 0 spiro atoms. The Morgan fingerprint density at radius 3 is 3.05 bits per heavy atom. The number of benzene rings is 1. The van der Waals surface area contributed by atoms with Gasteiger partial charge in [0, 0.05) is 5.38 Å². The quantitative estimate of drug-likeness (QED) is 0.621. The van der Waals surface area contributed by atoms with E-state index in [4.69, 9.17) is 4.74 Å². The second-order valence-corrected chi connectivity index (χ2v) is 5.07. The maximum absolute atomic E-state index is 10.0. The summed E-state index contributed by atoms with van der Waals surface area (Å²) in [5, 5.41) is 2.75. The van der Waals surface area contributed by atoms with Crippen molar-refractivity contribution in [3.8, 4) is 5.75 Å². The van der Waals surface area contributed by atoms with Gasteiger partial charge in [0.15, 0.2) is 0 Å². The van der Waals surface area contributed by atoms with E-state index < -0.39 is 0 Å². The standard InChI is InChI=1S/C14H14N2O2S/c1-10-4-3-5-13(11(10)2)18-7-14-16-12(8-19-14)6-15-9-17/h3-5,8H,6-7H2,1-2H3. The highest BCUT2D eigenvalue weighted by atomic mass is 32.1. The molecule has 0 fully saturated rings. The average molecular weight is 274 g/mol. The van der Waals surface area contributed by atoms with E-state index in [0.29, 0.717) is 6.61 Å². The number of ether oxygens (including phenoxy) is 1. The number of aryl methyl sites for hydroxylation is 1. The summed E-state index contributed by atoms with van der Waals surface area (Å²) in [6, 6.07) is 5.98. The number of carbonyl (C=O) groups excluding carboxylic acids is 1. The summed E-state index contributed by atoms with van der Waals surface area (Å²) in [4.78, 5) is 17.9. The van der Waals surface area contributed by atoms with E-state index in [1.807, 2.05) is 24.4 Å². The fourth-order valence-corrected chi connectivity index (χ4v) is 2.32. The van der Waals surface area contributed by atoms with E-state index in [1.54, 1.807) is 0 Å². The van der Waals surface area contributed by atoms with Gasteiger partial charge in [0.25, 0.3) is 0 Å². The van der Waals surface area contributed by atoms with E-state index in [1.165, 1.54) is 23.0 Å². The molecule has 98 valence electrons. The number of aromatic nitrogens is 1. The molecule has 1 aromatic carbocycles. The van der Waals surface area contributed by atoms with Crippen molar-refractivity contribution in [1.82, 2.24) is 4.98 Å². The molecule has 1 heterocycles. The van der Waals surface area contributed by atoms with Crippen LogP contribution in [0.1, 0.15) is 21.8 Å². The summed E-state index contributed by atoms with van der Waals surface area (Å²) in [6.07, 6.45) is 1.51. The van der Waals surface area contributed by atoms with Crippen molar-refractivity contribution < 1.29 is 9.53 Å². The predicted molar refractivity (Wildman–Crippen MR) is 74.2 cm³/mol. The zero-order chi connectivity index (χ0) is 13.7. The molecule has 19 heavy (non-hydrogen) atoms. The zero-order valence-electron chi connectivity index (χ0n) is 10.8. The third kappa shape index (κ3) is 3.50. The Kier molecular flexibility index (Phi) is 4.44. The van der Waals surface area contributed by atoms with Crippen molar-refractivity contribution >= 4 is 17.4 Å². The van der Waals surface area contributed by atoms with E-state index in [9.17, 15) is 4.79 Å². The largest absolute Gasteiger partial charge is 0.486 e. The van der Waals surface area contributed by atoms with Gasteiger partial charge in [-0.05, 0) is 31.0 Å². The van der Waals surface area contributed by atoms with Crippen molar-refractivity contribution in [3.05, 3.63) is 45.4 Å². The maximum Gasteiger partial charge on any atom is 0.235 e. The minimum absolute atomic E-state index is 0.281. The molecule has 0 radical (unpaired) electrons. The van der Waals surface area contributed by atoms with Gasteiger partial charge in [0.05, 0.1) is 12.2 Å². The van der Waals surface area contributed by atoms with Crippen molar-refractivity contribution in [2.24, 2.45) is 4.99 Å². The Morgan fingerprint density at radius 2 is 2.26 bits per heavy atom. The first-order valence-electron chi connectivity index (χ1n) is 5.86. The van der Waals surface area contributed by atoms with Crippen LogP contribution in [-0.2, 0) is 17.9 Å². The zero-order valence-corrected chi connectivity index (χ0v) is 11.7. The lowest BCUT2D eigenvalue weighted by Crippen LogP contribution is -1.98. The van der Waals surface area contributed by atoms with Gasteiger partial charge in [-0.3, -0.25) is 0 Å². The lowest BCUT2D eigenvalue weighted by Gasteiger charge is -2.09. The Labute approximate surface area is 115 Å². The summed E-state index contributed by atoms with van der Waals surface area (Å²) >= 11 is 1.50. The summed E-state index contributed by atoms with van der Waals surface area (Å²) < 4.78 is 5.76. The van der Waals surface area contributed by atoms with Crippen molar-refractivity contribution in [1.29, 1.82) is 0 Å². The average Bonchev–Trinajstić information content (AvgIpc) is 2.86. The molecule has 0 N–H and O–H groups in total. The number of hydrogen-bond donors (Lipinski definition) is 0. The molecule has 4 nitrogen and oxygen atoms in total. The van der Waals surface area contributed by atoms with Gasteiger partial charge < -0.3 is 4.74 Å². The summed E-state index contributed by atoms with van der Waals surface area (Å²) in [6.45, 7) is 4.81. The van der Waals surface area contributed by atoms with E-state index in [0.717, 1.165) is 22.0 Å². The number of isocyanates is 1. The molecule has 2 rings (SSSR count). The summed E-state index contributed by atoms with van der Waals surface area (Å²) in [5.41, 5.74) is 3.12. The third-order valence-corrected chi connectivity index (χ3v) is 3.68. The molecular weight excluding hydrogens is 260 g/mol. The van der Waals surface area contributed by atoms with Crippen molar-refractivity contribution in [2.75, 3.05) is 0 Å². The SMILES string of the molecule is Cc1cccc(OCc2nc(CN=C=O)cs2)c1C. The molecule has 0 unspecified atom stereocenters. The Morgan fingerprint density at radius 1 is 1.42 bits per heavy atom. The van der Waals surface area contributed by atoms with E-state index in [2.05, 4.69) is 23.0 Å². The molecule has 5 heteroatoms. The summed E-state index contributed by atoms with van der Waals surface area (Å²) in [7, 11) is 0. The first kappa shape index (κ1) is 13.5. The van der Waals surface area contributed by atoms with Crippen LogP contribution in [0.4, 0.5) is 0 Å². The van der Waals surface area contributed by atoms with Crippen LogP contribution >= 0.6 is 11.3 Å². The van der Waals surface area contributed by atoms with Crippen LogP contribution in [0.15, 0.2) is 28.6 Å². The van der Waals surface area contributed by atoms with E-state index >= 15 is 0 Å². The second kappa shape index (κ2) is 6.27. The van der Waals surface area contributed by atoms with Crippen LogP contribution in [-0.4, -0.2) is 11.1 Å². The van der Waals surface area contributed by atoms with Gasteiger partial charge in [0.2, 0.25) is 6.08 Å². The smallest absolute Gasteiger partial charge is 0.235 e. The fourth-order valence-electron chi connectivity index (χ4n) is 1.62. The van der Waals surface area contributed by atoms with Gasteiger partial charge in [-0.25, -0.2) is 9.78 Å². The number of aliphatic imine (C=N–C) groups is 1. The molecule has 1 aromatic heterocycles.